The van der Waals surface area contributed by atoms with Gasteiger partial charge in [0.05, 0.1) is 5.69 Å². The fourth-order valence-electron chi connectivity index (χ4n) is 2.30. The van der Waals surface area contributed by atoms with E-state index in [0.29, 0.717) is 5.69 Å². The summed E-state index contributed by atoms with van der Waals surface area (Å²) in [6.07, 6.45) is 2.47. The van der Waals surface area contributed by atoms with Crippen LogP contribution >= 0.6 is 0 Å². The number of aromatic nitrogens is 2. The van der Waals surface area contributed by atoms with Crippen molar-refractivity contribution in [1.82, 2.24) is 9.78 Å². The van der Waals surface area contributed by atoms with Crippen LogP contribution in [0.25, 0.3) is 5.69 Å². The van der Waals surface area contributed by atoms with Crippen molar-refractivity contribution < 1.29 is 4.79 Å². The summed E-state index contributed by atoms with van der Waals surface area (Å²) < 4.78 is 1.51. The number of rotatable bonds is 4. The zero-order valence-corrected chi connectivity index (χ0v) is 13.3. The Morgan fingerprint density at radius 2 is 1.75 bits per heavy atom. The highest BCUT2D eigenvalue weighted by molar-refractivity contribution is 6.02. The van der Waals surface area contributed by atoms with Crippen LogP contribution in [0.4, 0.5) is 5.69 Å². The molecule has 0 spiro atoms. The molecule has 5 nitrogen and oxygen atoms in total. The topological polar surface area (TPSA) is 64.0 Å². The van der Waals surface area contributed by atoms with Crippen molar-refractivity contribution in [3.8, 4) is 5.69 Å². The fraction of sp³-hybridized carbons (Fsp3) is 0.105. The number of hydrogen-bond donors (Lipinski definition) is 1. The third-order valence-electron chi connectivity index (χ3n) is 3.66. The van der Waals surface area contributed by atoms with Crippen LogP contribution in [0.2, 0.25) is 0 Å². The number of carbonyl (C=O) groups is 1. The average molecular weight is 319 g/mol. The number of aryl methyl sites for hydroxylation is 1. The van der Waals surface area contributed by atoms with Crippen LogP contribution in [-0.4, -0.2) is 15.7 Å². The van der Waals surface area contributed by atoms with Gasteiger partial charge in [-0.2, -0.15) is 5.10 Å². The Bertz CT molecular complexity index is 900. The molecule has 0 aliphatic rings. The van der Waals surface area contributed by atoms with Crippen LogP contribution in [0.5, 0.6) is 0 Å². The molecule has 0 bridgehead atoms. The molecule has 5 heteroatoms. The monoisotopic (exact) mass is 319 g/mol. The van der Waals surface area contributed by atoms with Crippen molar-refractivity contribution in [3.05, 3.63) is 88.3 Å². The van der Waals surface area contributed by atoms with E-state index in [1.165, 1.54) is 16.3 Å². The molecule has 3 rings (SSSR count). The number of amides is 1. The fourth-order valence-corrected chi connectivity index (χ4v) is 2.30. The van der Waals surface area contributed by atoms with Gasteiger partial charge in [-0.25, -0.2) is 4.68 Å². The molecule has 0 saturated heterocycles. The Morgan fingerprint density at radius 3 is 2.42 bits per heavy atom. The first kappa shape index (κ1) is 15.7. The van der Waals surface area contributed by atoms with Crippen molar-refractivity contribution in [3.63, 3.8) is 0 Å². The van der Waals surface area contributed by atoms with Crippen molar-refractivity contribution in [2.45, 2.75) is 13.3 Å². The molecule has 0 radical (unpaired) electrons. The Balaban J connectivity index is 1.87. The summed E-state index contributed by atoms with van der Waals surface area (Å²) >= 11 is 0. The lowest BCUT2D eigenvalue weighted by Crippen LogP contribution is -2.25. The molecule has 0 unspecified atom stereocenters. The number of anilines is 1. The summed E-state index contributed by atoms with van der Waals surface area (Å²) in [6, 6.07) is 18.2. The number of benzene rings is 2. The van der Waals surface area contributed by atoms with E-state index < -0.39 is 11.3 Å². The molecule has 24 heavy (non-hydrogen) atoms. The molecule has 1 N–H and O–H groups in total. The van der Waals surface area contributed by atoms with E-state index in [0.717, 1.165) is 12.1 Å². The van der Waals surface area contributed by atoms with E-state index in [9.17, 15) is 9.59 Å². The zero-order chi connectivity index (χ0) is 16.9. The van der Waals surface area contributed by atoms with E-state index in [1.807, 2.05) is 54.6 Å². The third-order valence-corrected chi connectivity index (χ3v) is 3.66. The molecular weight excluding hydrogens is 302 g/mol. The van der Waals surface area contributed by atoms with Gasteiger partial charge in [0.25, 0.3) is 5.91 Å². The summed E-state index contributed by atoms with van der Waals surface area (Å²) in [7, 11) is 0. The maximum absolute atomic E-state index is 12.4. The van der Waals surface area contributed by atoms with Gasteiger partial charge in [-0.3, -0.25) is 9.59 Å². The second-order valence-corrected chi connectivity index (χ2v) is 5.31. The lowest BCUT2D eigenvalue weighted by Gasteiger charge is -2.08. The summed E-state index contributed by atoms with van der Waals surface area (Å²) in [5, 5.41) is 6.88. The third kappa shape index (κ3) is 3.41. The normalized spacial score (nSPS) is 10.4. The molecule has 3 aromatic rings. The summed E-state index contributed by atoms with van der Waals surface area (Å²) in [6.45, 7) is 2.06. The van der Waals surface area contributed by atoms with E-state index in [-0.39, 0.29) is 5.69 Å². The van der Waals surface area contributed by atoms with Gasteiger partial charge in [0.1, 0.15) is 0 Å². The summed E-state index contributed by atoms with van der Waals surface area (Å²) in [5.74, 6) is -0.519. The van der Waals surface area contributed by atoms with E-state index in [4.69, 9.17) is 0 Å². The first-order chi connectivity index (χ1) is 11.7. The predicted octanol–water partition coefficient (Wildman–Crippen LogP) is 3.05. The van der Waals surface area contributed by atoms with Crippen LogP contribution < -0.4 is 10.7 Å². The number of nitrogens with zero attached hydrogens (tertiary/aromatic N) is 2. The molecule has 0 fully saturated rings. The molecule has 1 aromatic heterocycles. The number of carbonyl (C=O) groups excluding carboxylic acids is 1. The first-order valence-electron chi connectivity index (χ1n) is 7.73. The molecule has 120 valence electrons. The number of nitrogens with one attached hydrogen (secondary N) is 1. The summed E-state index contributed by atoms with van der Waals surface area (Å²) in [4.78, 5) is 24.4. The van der Waals surface area contributed by atoms with Gasteiger partial charge in [0.15, 0.2) is 5.69 Å². The molecule has 0 atom stereocenters. The molecular formula is C19H17N3O2. The second-order valence-electron chi connectivity index (χ2n) is 5.31. The van der Waals surface area contributed by atoms with E-state index in [2.05, 4.69) is 17.3 Å². The van der Waals surface area contributed by atoms with Gasteiger partial charge >= 0.3 is 0 Å². The zero-order valence-electron chi connectivity index (χ0n) is 13.3. The van der Waals surface area contributed by atoms with Gasteiger partial charge in [-0.1, -0.05) is 37.3 Å². The quantitative estimate of drug-likeness (QED) is 0.804. The lowest BCUT2D eigenvalue weighted by molar-refractivity contribution is 0.101. The first-order valence-corrected chi connectivity index (χ1v) is 7.73. The van der Waals surface area contributed by atoms with E-state index >= 15 is 0 Å². The maximum Gasteiger partial charge on any atom is 0.280 e. The van der Waals surface area contributed by atoms with Gasteiger partial charge < -0.3 is 5.32 Å². The van der Waals surface area contributed by atoms with Crippen molar-refractivity contribution >= 4 is 11.6 Å². The van der Waals surface area contributed by atoms with Gasteiger partial charge in [0.2, 0.25) is 5.43 Å². The van der Waals surface area contributed by atoms with Gasteiger partial charge in [-0.15, -0.1) is 0 Å². The van der Waals surface area contributed by atoms with Crippen LogP contribution in [-0.2, 0) is 6.42 Å². The minimum atomic E-state index is -0.519. The Morgan fingerprint density at radius 1 is 1.04 bits per heavy atom. The average Bonchev–Trinajstić information content (AvgIpc) is 2.63. The molecule has 0 aliphatic heterocycles. The van der Waals surface area contributed by atoms with Crippen molar-refractivity contribution in [1.29, 1.82) is 0 Å². The Kier molecular flexibility index (Phi) is 4.52. The summed E-state index contributed by atoms with van der Waals surface area (Å²) in [5.41, 5.74) is 2.04. The highest BCUT2D eigenvalue weighted by atomic mass is 16.2. The molecule has 0 aliphatic carbocycles. The van der Waals surface area contributed by atoms with Gasteiger partial charge in [0, 0.05) is 18.0 Å². The molecule has 1 heterocycles. The molecule has 2 aromatic carbocycles. The van der Waals surface area contributed by atoms with Crippen molar-refractivity contribution in [2.24, 2.45) is 0 Å². The minimum Gasteiger partial charge on any atom is -0.320 e. The van der Waals surface area contributed by atoms with Crippen LogP contribution in [0.15, 0.2) is 71.7 Å². The van der Waals surface area contributed by atoms with E-state index in [1.54, 1.807) is 6.20 Å². The minimum absolute atomic E-state index is 0.138. The Hall–Kier alpha value is -3.21. The predicted molar refractivity (Wildman–Crippen MR) is 93.6 cm³/mol. The molecule has 1 amide bonds. The second kappa shape index (κ2) is 6.91. The highest BCUT2D eigenvalue weighted by Crippen LogP contribution is 2.11. The van der Waals surface area contributed by atoms with Crippen molar-refractivity contribution in [2.75, 3.05) is 5.32 Å². The SMILES string of the molecule is CCc1ccc(NC(=O)c2nn(-c3ccccc3)ccc2=O)cc1. The molecule has 0 saturated carbocycles. The Labute approximate surface area is 139 Å². The maximum atomic E-state index is 12.4. The smallest absolute Gasteiger partial charge is 0.280 e. The largest absolute Gasteiger partial charge is 0.320 e. The van der Waals surface area contributed by atoms with Crippen LogP contribution in [0.3, 0.4) is 0 Å². The number of hydrogen-bond acceptors (Lipinski definition) is 3. The number of para-hydroxylation sites is 1. The lowest BCUT2D eigenvalue weighted by atomic mass is 10.1. The van der Waals surface area contributed by atoms with Crippen LogP contribution in [0, 0.1) is 0 Å². The van der Waals surface area contributed by atoms with Crippen LogP contribution in [0.1, 0.15) is 23.0 Å². The standard InChI is InChI=1S/C19H17N3O2/c1-2-14-8-10-15(11-9-14)20-19(24)18-17(23)12-13-22(21-18)16-6-4-3-5-7-16/h3-13H,2H2,1H3,(H,20,24). The highest BCUT2D eigenvalue weighted by Gasteiger charge is 2.13. The van der Waals surface area contributed by atoms with Gasteiger partial charge in [-0.05, 0) is 36.2 Å².